The first kappa shape index (κ1) is 14.0. The predicted octanol–water partition coefficient (Wildman–Crippen LogP) is 4.07. The maximum atomic E-state index is 5.79. The summed E-state index contributed by atoms with van der Waals surface area (Å²) >= 11 is 0. The van der Waals surface area contributed by atoms with Gasteiger partial charge in [0.15, 0.2) is 0 Å². The van der Waals surface area contributed by atoms with Crippen LogP contribution in [-0.2, 0) is 0 Å². The lowest BCUT2D eigenvalue weighted by molar-refractivity contribution is 0.528. The smallest absolute Gasteiger partial charge is 0.00388 e. The minimum absolute atomic E-state index is 0.343. The number of nitrogens with two attached hydrogens (primary N) is 1. The van der Waals surface area contributed by atoms with Crippen LogP contribution in [0.4, 0.5) is 0 Å². The maximum absolute atomic E-state index is 5.79. The quantitative estimate of drug-likeness (QED) is 0.526. The molecule has 0 fully saturated rings. The summed E-state index contributed by atoms with van der Waals surface area (Å²) in [6, 6.07) is 0.343. The molecular formula is C13H28N. The van der Waals surface area contributed by atoms with E-state index >= 15 is 0 Å². The molecule has 0 aromatic rings. The van der Waals surface area contributed by atoms with E-state index in [-0.39, 0.29) is 0 Å². The van der Waals surface area contributed by atoms with E-state index in [1.54, 1.807) is 0 Å². The van der Waals surface area contributed by atoms with E-state index in [9.17, 15) is 0 Å². The lowest BCUT2D eigenvalue weighted by Gasteiger charge is -2.07. The van der Waals surface area contributed by atoms with E-state index in [2.05, 4.69) is 13.8 Å². The normalized spacial score (nSPS) is 13.1. The first-order chi connectivity index (χ1) is 6.81. The minimum atomic E-state index is 0.343. The third-order valence-corrected chi connectivity index (χ3v) is 2.80. The fourth-order valence-electron chi connectivity index (χ4n) is 1.68. The third kappa shape index (κ3) is 10.0. The van der Waals surface area contributed by atoms with Crippen LogP contribution in [0.5, 0.6) is 0 Å². The van der Waals surface area contributed by atoms with Crippen LogP contribution in [0.2, 0.25) is 0 Å². The monoisotopic (exact) mass is 198 g/mol. The Kier molecular flexibility index (Phi) is 11.0. The molecule has 0 aliphatic heterocycles. The fourth-order valence-corrected chi connectivity index (χ4v) is 1.68. The standard InChI is InChI=1S/C13H28N/c1-3-5-6-7-8-9-10-11-12-13(14)4-2/h13H,2-12,14H2,1H3. The molecule has 0 heterocycles. The second-order valence-electron chi connectivity index (χ2n) is 4.31. The Balaban J connectivity index is 2.92. The van der Waals surface area contributed by atoms with Gasteiger partial charge in [-0.3, -0.25) is 0 Å². The number of rotatable bonds is 10. The van der Waals surface area contributed by atoms with Gasteiger partial charge in [-0.2, -0.15) is 0 Å². The highest BCUT2D eigenvalue weighted by Crippen LogP contribution is 2.10. The Bertz CT molecular complexity index is 101. The van der Waals surface area contributed by atoms with Crippen molar-refractivity contribution < 1.29 is 0 Å². The van der Waals surface area contributed by atoms with Gasteiger partial charge < -0.3 is 5.73 Å². The summed E-state index contributed by atoms with van der Waals surface area (Å²) in [5, 5.41) is 0. The Morgan fingerprint density at radius 3 is 1.93 bits per heavy atom. The molecule has 85 valence electrons. The minimum Gasteiger partial charge on any atom is -0.328 e. The molecule has 0 aromatic heterocycles. The Morgan fingerprint density at radius 1 is 0.929 bits per heavy atom. The van der Waals surface area contributed by atoms with Gasteiger partial charge in [-0.05, 0) is 12.8 Å². The molecule has 1 atom stereocenters. The molecule has 1 nitrogen and oxygen atoms in total. The molecule has 0 bridgehead atoms. The SMILES string of the molecule is [CH2]CC(N)CCCCCCCCCC. The number of hydrogen-bond donors (Lipinski definition) is 1. The van der Waals surface area contributed by atoms with Crippen molar-refractivity contribution in [2.45, 2.75) is 77.2 Å². The van der Waals surface area contributed by atoms with Crippen molar-refractivity contribution in [3.8, 4) is 0 Å². The number of hydrogen-bond acceptors (Lipinski definition) is 1. The van der Waals surface area contributed by atoms with Gasteiger partial charge in [0, 0.05) is 6.04 Å². The molecular weight excluding hydrogens is 170 g/mol. The van der Waals surface area contributed by atoms with Crippen LogP contribution in [0.25, 0.3) is 0 Å². The largest absolute Gasteiger partial charge is 0.328 e. The van der Waals surface area contributed by atoms with Crippen LogP contribution in [-0.4, -0.2) is 6.04 Å². The van der Waals surface area contributed by atoms with E-state index in [0.717, 1.165) is 6.42 Å². The molecule has 14 heavy (non-hydrogen) atoms. The first-order valence-corrected chi connectivity index (χ1v) is 6.36. The van der Waals surface area contributed by atoms with Crippen LogP contribution in [0.1, 0.15) is 71.1 Å². The van der Waals surface area contributed by atoms with Gasteiger partial charge >= 0.3 is 0 Å². The zero-order chi connectivity index (χ0) is 10.6. The van der Waals surface area contributed by atoms with Crippen LogP contribution in [0.15, 0.2) is 0 Å². The van der Waals surface area contributed by atoms with Gasteiger partial charge in [0.2, 0.25) is 0 Å². The topological polar surface area (TPSA) is 26.0 Å². The summed E-state index contributed by atoms with van der Waals surface area (Å²) in [5.74, 6) is 0. The highest BCUT2D eigenvalue weighted by molar-refractivity contribution is 4.61. The van der Waals surface area contributed by atoms with Gasteiger partial charge in [0.1, 0.15) is 0 Å². The van der Waals surface area contributed by atoms with E-state index in [4.69, 9.17) is 5.73 Å². The molecule has 0 amide bonds. The molecule has 1 heteroatoms. The summed E-state index contributed by atoms with van der Waals surface area (Å²) in [4.78, 5) is 0. The fraction of sp³-hybridized carbons (Fsp3) is 0.923. The van der Waals surface area contributed by atoms with Crippen molar-refractivity contribution in [1.29, 1.82) is 0 Å². The van der Waals surface area contributed by atoms with E-state index in [1.807, 2.05) is 0 Å². The van der Waals surface area contributed by atoms with Crippen LogP contribution in [0.3, 0.4) is 0 Å². The molecule has 0 aliphatic rings. The van der Waals surface area contributed by atoms with Gasteiger partial charge in [0.25, 0.3) is 0 Å². The average Bonchev–Trinajstić information content (AvgIpc) is 2.21. The second kappa shape index (κ2) is 11.0. The highest BCUT2D eigenvalue weighted by Gasteiger charge is 1.98. The van der Waals surface area contributed by atoms with Crippen LogP contribution in [0, 0.1) is 6.92 Å². The van der Waals surface area contributed by atoms with Crippen molar-refractivity contribution >= 4 is 0 Å². The lowest BCUT2D eigenvalue weighted by atomic mass is 10.0. The second-order valence-corrected chi connectivity index (χ2v) is 4.31. The Morgan fingerprint density at radius 2 is 1.43 bits per heavy atom. The summed E-state index contributed by atoms with van der Waals surface area (Å²) in [5.41, 5.74) is 5.79. The average molecular weight is 198 g/mol. The molecule has 1 radical (unpaired) electrons. The van der Waals surface area contributed by atoms with E-state index in [0.29, 0.717) is 6.04 Å². The van der Waals surface area contributed by atoms with Crippen molar-refractivity contribution in [1.82, 2.24) is 0 Å². The zero-order valence-corrected chi connectivity index (χ0v) is 9.93. The third-order valence-electron chi connectivity index (χ3n) is 2.80. The van der Waals surface area contributed by atoms with Crippen molar-refractivity contribution in [2.75, 3.05) is 0 Å². The maximum Gasteiger partial charge on any atom is 0.00388 e. The highest BCUT2D eigenvalue weighted by atomic mass is 14.6. The van der Waals surface area contributed by atoms with E-state index < -0.39 is 0 Å². The first-order valence-electron chi connectivity index (χ1n) is 6.36. The van der Waals surface area contributed by atoms with Gasteiger partial charge in [-0.15, -0.1) is 0 Å². The molecule has 0 saturated heterocycles. The summed E-state index contributed by atoms with van der Waals surface area (Å²) in [7, 11) is 0. The lowest BCUT2D eigenvalue weighted by Crippen LogP contribution is -2.17. The molecule has 0 saturated carbocycles. The zero-order valence-electron chi connectivity index (χ0n) is 9.93. The molecule has 2 N–H and O–H groups in total. The summed E-state index contributed by atoms with van der Waals surface area (Å²) in [6.07, 6.45) is 13.1. The van der Waals surface area contributed by atoms with Gasteiger partial charge in [0.05, 0.1) is 0 Å². The predicted molar refractivity (Wildman–Crippen MR) is 65.2 cm³/mol. The van der Waals surface area contributed by atoms with Gasteiger partial charge in [-0.1, -0.05) is 65.2 Å². The Hall–Kier alpha value is -0.0400. The Labute approximate surface area is 90.5 Å². The summed E-state index contributed by atoms with van der Waals surface area (Å²) < 4.78 is 0. The van der Waals surface area contributed by atoms with Crippen LogP contribution >= 0.6 is 0 Å². The van der Waals surface area contributed by atoms with Gasteiger partial charge in [-0.25, -0.2) is 0 Å². The molecule has 0 aliphatic carbocycles. The number of unbranched alkanes of at least 4 members (excludes halogenated alkanes) is 7. The summed E-state index contributed by atoms with van der Waals surface area (Å²) in [6.45, 7) is 6.07. The van der Waals surface area contributed by atoms with Crippen molar-refractivity contribution in [3.05, 3.63) is 6.92 Å². The molecule has 1 unspecified atom stereocenters. The molecule has 0 aromatic carbocycles. The molecule has 0 spiro atoms. The van der Waals surface area contributed by atoms with Crippen molar-refractivity contribution in [2.24, 2.45) is 5.73 Å². The van der Waals surface area contributed by atoms with Crippen molar-refractivity contribution in [3.63, 3.8) is 0 Å². The van der Waals surface area contributed by atoms with Crippen LogP contribution < -0.4 is 5.73 Å². The molecule has 0 rings (SSSR count). The van der Waals surface area contributed by atoms with E-state index in [1.165, 1.54) is 57.8 Å².